The first-order chi connectivity index (χ1) is 12.4. The van der Waals surface area contributed by atoms with Gasteiger partial charge in [0.2, 0.25) is 0 Å². The molecule has 1 unspecified atom stereocenters. The highest BCUT2D eigenvalue weighted by atomic mass is 16.6. The second-order valence-electron chi connectivity index (χ2n) is 6.27. The number of aliphatic hydroxyl groups excluding tert-OH is 2. The van der Waals surface area contributed by atoms with Crippen LogP contribution in [-0.4, -0.2) is 38.2 Å². The van der Waals surface area contributed by atoms with E-state index in [1.165, 1.54) is 10.8 Å². The standard InChI is InChI=1S/C17H21N3O6/c1-10-7-19(15-6-13(22)14(9-21)25-15)17(24)20(16(10)23)8-11-2-4-12(26-18)5-3-11/h2-5,7,13-15,21-22H,6,8-9,18H2,1H3/t13?,14-,15-/m1/s1. The van der Waals surface area contributed by atoms with E-state index in [1.807, 2.05) is 0 Å². The molecule has 0 bridgehead atoms. The maximum absolute atomic E-state index is 12.8. The van der Waals surface area contributed by atoms with Gasteiger partial charge in [-0.05, 0) is 24.6 Å². The zero-order valence-electron chi connectivity index (χ0n) is 14.2. The van der Waals surface area contributed by atoms with Crippen LogP contribution in [0.3, 0.4) is 0 Å². The summed E-state index contributed by atoms with van der Waals surface area (Å²) < 4.78 is 7.93. The van der Waals surface area contributed by atoms with Gasteiger partial charge in [-0.3, -0.25) is 13.9 Å². The van der Waals surface area contributed by atoms with Crippen LogP contribution in [0, 0.1) is 6.92 Å². The summed E-state index contributed by atoms with van der Waals surface area (Å²) in [6.45, 7) is 1.33. The molecule has 4 N–H and O–H groups in total. The lowest BCUT2D eigenvalue weighted by molar-refractivity contribution is -0.0463. The second kappa shape index (κ2) is 7.42. The van der Waals surface area contributed by atoms with Crippen molar-refractivity contribution in [3.05, 3.63) is 62.4 Å². The highest BCUT2D eigenvalue weighted by molar-refractivity contribution is 5.27. The van der Waals surface area contributed by atoms with E-state index in [0.717, 1.165) is 10.1 Å². The van der Waals surface area contributed by atoms with E-state index in [0.29, 0.717) is 11.3 Å². The van der Waals surface area contributed by atoms with Gasteiger partial charge < -0.3 is 19.8 Å². The van der Waals surface area contributed by atoms with E-state index in [-0.39, 0.29) is 19.6 Å². The van der Waals surface area contributed by atoms with Crippen LogP contribution in [0.5, 0.6) is 5.75 Å². The molecule has 3 atom stereocenters. The van der Waals surface area contributed by atoms with Crippen molar-refractivity contribution in [3.63, 3.8) is 0 Å². The number of rotatable bonds is 5. The molecule has 1 fully saturated rings. The van der Waals surface area contributed by atoms with E-state index in [4.69, 9.17) is 10.6 Å². The molecule has 9 nitrogen and oxygen atoms in total. The third kappa shape index (κ3) is 3.42. The third-order valence-electron chi connectivity index (χ3n) is 4.46. The van der Waals surface area contributed by atoms with Crippen LogP contribution >= 0.6 is 0 Å². The Balaban J connectivity index is 1.96. The molecule has 1 aromatic carbocycles. The highest BCUT2D eigenvalue weighted by Gasteiger charge is 2.35. The Morgan fingerprint density at radius 2 is 2.00 bits per heavy atom. The quantitative estimate of drug-likeness (QED) is 0.597. The monoisotopic (exact) mass is 363 g/mol. The predicted octanol–water partition coefficient (Wildman–Crippen LogP) is -0.740. The number of hydrogen-bond donors (Lipinski definition) is 3. The van der Waals surface area contributed by atoms with E-state index in [9.17, 15) is 19.8 Å². The van der Waals surface area contributed by atoms with Gasteiger partial charge in [-0.1, -0.05) is 12.1 Å². The van der Waals surface area contributed by atoms with Crippen molar-refractivity contribution < 1.29 is 19.8 Å². The minimum Gasteiger partial charge on any atom is -0.412 e. The van der Waals surface area contributed by atoms with E-state index in [2.05, 4.69) is 4.84 Å². The first-order valence-electron chi connectivity index (χ1n) is 8.17. The Bertz CT molecular complexity index is 889. The molecular weight excluding hydrogens is 342 g/mol. The van der Waals surface area contributed by atoms with Crippen LogP contribution < -0.4 is 22.0 Å². The van der Waals surface area contributed by atoms with Crippen LogP contribution in [0.1, 0.15) is 23.8 Å². The van der Waals surface area contributed by atoms with Gasteiger partial charge in [-0.15, -0.1) is 0 Å². The van der Waals surface area contributed by atoms with Crippen LogP contribution in [0.2, 0.25) is 0 Å². The van der Waals surface area contributed by atoms with Gasteiger partial charge in [0, 0.05) is 18.2 Å². The van der Waals surface area contributed by atoms with Crippen molar-refractivity contribution in [2.24, 2.45) is 5.90 Å². The Hall–Kier alpha value is -2.46. The number of nitrogens with zero attached hydrogens (tertiary/aromatic N) is 2. The summed E-state index contributed by atoms with van der Waals surface area (Å²) in [5, 5.41) is 19.1. The smallest absolute Gasteiger partial charge is 0.333 e. The SMILES string of the molecule is Cc1cn([C@H]2CC(O)[C@@H](CO)O2)c(=O)n(Cc2ccc(ON)cc2)c1=O. The first-order valence-corrected chi connectivity index (χ1v) is 8.17. The van der Waals surface area contributed by atoms with Crippen molar-refractivity contribution in [3.8, 4) is 5.75 Å². The van der Waals surface area contributed by atoms with Crippen LogP contribution in [0.4, 0.5) is 0 Å². The van der Waals surface area contributed by atoms with Gasteiger partial charge in [-0.25, -0.2) is 4.79 Å². The number of benzene rings is 1. The number of nitrogens with two attached hydrogens (primary N) is 1. The Morgan fingerprint density at radius 3 is 2.58 bits per heavy atom. The van der Waals surface area contributed by atoms with Crippen molar-refractivity contribution in [1.82, 2.24) is 9.13 Å². The first kappa shape index (κ1) is 18.3. The summed E-state index contributed by atoms with van der Waals surface area (Å²) in [7, 11) is 0. The largest absolute Gasteiger partial charge is 0.412 e. The zero-order chi connectivity index (χ0) is 18.8. The molecule has 1 saturated heterocycles. The average molecular weight is 363 g/mol. The van der Waals surface area contributed by atoms with Gasteiger partial charge in [0.05, 0.1) is 19.3 Å². The molecule has 1 aliphatic heterocycles. The summed E-state index contributed by atoms with van der Waals surface area (Å²) in [4.78, 5) is 29.9. The normalized spacial score (nSPS) is 22.5. The molecule has 26 heavy (non-hydrogen) atoms. The molecule has 1 aliphatic rings. The van der Waals surface area contributed by atoms with Gasteiger partial charge in [0.15, 0.2) is 0 Å². The number of aromatic nitrogens is 2. The van der Waals surface area contributed by atoms with Crippen LogP contribution in [0.15, 0.2) is 40.1 Å². The summed E-state index contributed by atoms with van der Waals surface area (Å²) in [5.74, 6) is 5.55. The summed E-state index contributed by atoms with van der Waals surface area (Å²) >= 11 is 0. The fraction of sp³-hybridized carbons (Fsp3) is 0.412. The minimum atomic E-state index is -0.874. The lowest BCUT2D eigenvalue weighted by atomic mass is 10.2. The maximum atomic E-state index is 12.8. The number of hydrogen-bond acceptors (Lipinski definition) is 7. The summed E-state index contributed by atoms with van der Waals surface area (Å²) in [5.41, 5.74) is 0.151. The fourth-order valence-corrected chi connectivity index (χ4v) is 3.01. The lowest BCUT2D eigenvalue weighted by Crippen LogP contribution is -2.42. The predicted molar refractivity (Wildman–Crippen MR) is 91.7 cm³/mol. The number of aliphatic hydroxyl groups is 2. The molecule has 0 amide bonds. The molecule has 140 valence electrons. The van der Waals surface area contributed by atoms with Crippen LogP contribution in [-0.2, 0) is 11.3 Å². The van der Waals surface area contributed by atoms with E-state index < -0.39 is 29.7 Å². The lowest BCUT2D eigenvalue weighted by Gasteiger charge is -2.17. The maximum Gasteiger partial charge on any atom is 0.333 e. The zero-order valence-corrected chi connectivity index (χ0v) is 14.2. The van der Waals surface area contributed by atoms with Crippen LogP contribution in [0.25, 0.3) is 0 Å². The fourth-order valence-electron chi connectivity index (χ4n) is 3.01. The summed E-state index contributed by atoms with van der Waals surface area (Å²) in [6, 6.07) is 6.69. The van der Waals surface area contributed by atoms with Gasteiger partial charge in [0.1, 0.15) is 18.1 Å². The molecule has 0 saturated carbocycles. The van der Waals surface area contributed by atoms with Crippen molar-refractivity contribution in [2.45, 2.75) is 38.3 Å². The Labute approximate surface area is 148 Å². The molecular formula is C17H21N3O6. The average Bonchev–Trinajstić information content (AvgIpc) is 3.02. The number of aryl methyl sites for hydroxylation is 1. The van der Waals surface area contributed by atoms with E-state index >= 15 is 0 Å². The summed E-state index contributed by atoms with van der Waals surface area (Å²) in [6.07, 6.45) is -0.791. The van der Waals surface area contributed by atoms with Crippen molar-refractivity contribution in [2.75, 3.05) is 6.61 Å². The molecule has 2 aromatic rings. The molecule has 0 spiro atoms. The minimum absolute atomic E-state index is 0.0723. The van der Waals surface area contributed by atoms with Gasteiger partial charge in [0.25, 0.3) is 5.56 Å². The highest BCUT2D eigenvalue weighted by Crippen LogP contribution is 2.27. The van der Waals surface area contributed by atoms with Gasteiger partial charge >= 0.3 is 5.69 Å². The van der Waals surface area contributed by atoms with E-state index in [1.54, 1.807) is 31.2 Å². The Kier molecular flexibility index (Phi) is 5.23. The number of ether oxygens (including phenoxy) is 1. The topological polar surface area (TPSA) is 129 Å². The molecule has 9 heteroatoms. The van der Waals surface area contributed by atoms with Crippen molar-refractivity contribution in [1.29, 1.82) is 0 Å². The molecule has 0 aliphatic carbocycles. The van der Waals surface area contributed by atoms with Crippen molar-refractivity contribution >= 4 is 0 Å². The molecule has 0 radical (unpaired) electrons. The van der Waals surface area contributed by atoms with Gasteiger partial charge in [-0.2, -0.15) is 5.90 Å². The molecule has 1 aromatic heterocycles. The molecule has 2 heterocycles. The Morgan fingerprint density at radius 1 is 1.31 bits per heavy atom. The third-order valence-corrected chi connectivity index (χ3v) is 4.46. The molecule has 3 rings (SSSR count). The second-order valence-corrected chi connectivity index (χ2v) is 6.27.